The van der Waals surface area contributed by atoms with Gasteiger partial charge in [-0.25, -0.2) is 0 Å². The van der Waals surface area contributed by atoms with Crippen molar-refractivity contribution in [2.24, 2.45) is 0 Å². The molecule has 1 aromatic heterocycles. The molecule has 3 nitrogen and oxygen atoms in total. The minimum absolute atomic E-state index is 0.101. The van der Waals surface area contributed by atoms with Crippen molar-refractivity contribution >= 4 is 40.4 Å². The lowest BCUT2D eigenvalue weighted by atomic mass is 10.1. The first-order valence-electron chi connectivity index (χ1n) is 6.61. The molecule has 2 heterocycles. The molecular weight excluding hydrogens is 288 g/mol. The van der Waals surface area contributed by atoms with Gasteiger partial charge in [-0.3, -0.25) is 4.79 Å². The van der Waals surface area contributed by atoms with Crippen molar-refractivity contribution in [2.45, 2.75) is 18.2 Å². The number of thioether (sulfide) groups is 1. The molecule has 0 unspecified atom stereocenters. The number of carbonyl (C=O) groups excluding carboxylic acids is 1. The van der Waals surface area contributed by atoms with E-state index in [0.717, 1.165) is 39.7 Å². The Bertz CT molecular complexity index is 651. The van der Waals surface area contributed by atoms with Crippen LogP contribution in [0.15, 0.2) is 34.5 Å². The maximum atomic E-state index is 12.8. The van der Waals surface area contributed by atoms with Crippen LogP contribution in [0, 0.1) is 0 Å². The molecule has 0 radical (unpaired) electrons. The number of nitrogens with zero attached hydrogens (tertiary/aromatic N) is 1. The molecular formula is C15H16N2OS2. The predicted octanol–water partition coefficient (Wildman–Crippen LogP) is 3.65. The van der Waals surface area contributed by atoms with E-state index >= 15 is 0 Å². The number of benzene rings is 1. The van der Waals surface area contributed by atoms with Gasteiger partial charge in [0, 0.05) is 22.9 Å². The van der Waals surface area contributed by atoms with Gasteiger partial charge in [-0.05, 0) is 41.6 Å². The number of nitrogen functional groups attached to an aromatic ring is 1. The number of nitrogens with two attached hydrogens (primary N) is 1. The Morgan fingerprint density at radius 1 is 1.40 bits per heavy atom. The Morgan fingerprint density at radius 3 is 3.05 bits per heavy atom. The van der Waals surface area contributed by atoms with E-state index in [0.29, 0.717) is 5.69 Å². The normalized spacial score (nSPS) is 14.2. The van der Waals surface area contributed by atoms with E-state index in [9.17, 15) is 4.79 Å². The molecule has 1 aromatic carbocycles. The SMILES string of the molecule is CCc1ccsc1C(=O)N1CCSc2ccc(N)cc21. The van der Waals surface area contributed by atoms with Crippen molar-refractivity contribution < 1.29 is 4.79 Å². The first-order chi connectivity index (χ1) is 9.70. The molecule has 0 saturated carbocycles. The molecule has 104 valence electrons. The minimum atomic E-state index is 0.101. The molecule has 0 fully saturated rings. The second-order valence-electron chi connectivity index (χ2n) is 4.66. The predicted molar refractivity (Wildman–Crippen MR) is 87.0 cm³/mol. The Labute approximate surface area is 126 Å². The topological polar surface area (TPSA) is 46.3 Å². The van der Waals surface area contributed by atoms with Crippen molar-refractivity contribution in [1.29, 1.82) is 0 Å². The summed E-state index contributed by atoms with van der Waals surface area (Å²) < 4.78 is 0. The molecule has 1 aliphatic heterocycles. The van der Waals surface area contributed by atoms with Gasteiger partial charge in [0.25, 0.3) is 5.91 Å². The average Bonchev–Trinajstić information content (AvgIpc) is 2.94. The van der Waals surface area contributed by atoms with Crippen LogP contribution in [-0.4, -0.2) is 18.2 Å². The molecule has 20 heavy (non-hydrogen) atoms. The van der Waals surface area contributed by atoms with Crippen LogP contribution in [0.3, 0.4) is 0 Å². The molecule has 2 N–H and O–H groups in total. The Balaban J connectivity index is 2.00. The van der Waals surface area contributed by atoms with Crippen LogP contribution in [0.25, 0.3) is 0 Å². The monoisotopic (exact) mass is 304 g/mol. The van der Waals surface area contributed by atoms with Gasteiger partial charge in [0.05, 0.1) is 10.6 Å². The van der Waals surface area contributed by atoms with Gasteiger partial charge in [-0.1, -0.05) is 6.92 Å². The molecule has 0 saturated heterocycles. The van der Waals surface area contributed by atoms with Crippen LogP contribution in [0.2, 0.25) is 0 Å². The zero-order valence-electron chi connectivity index (χ0n) is 11.3. The highest BCUT2D eigenvalue weighted by atomic mass is 32.2. The van der Waals surface area contributed by atoms with Crippen LogP contribution < -0.4 is 10.6 Å². The fraction of sp³-hybridized carbons (Fsp3) is 0.267. The summed E-state index contributed by atoms with van der Waals surface area (Å²) in [5.41, 5.74) is 8.65. The number of thiophene rings is 1. The third kappa shape index (κ3) is 2.31. The van der Waals surface area contributed by atoms with Crippen LogP contribution >= 0.6 is 23.1 Å². The third-order valence-electron chi connectivity index (χ3n) is 3.41. The van der Waals surface area contributed by atoms with E-state index in [1.54, 1.807) is 11.8 Å². The van der Waals surface area contributed by atoms with Gasteiger partial charge in [0.15, 0.2) is 0 Å². The summed E-state index contributed by atoms with van der Waals surface area (Å²) in [7, 11) is 0. The first kappa shape index (κ1) is 13.5. The quantitative estimate of drug-likeness (QED) is 0.862. The largest absolute Gasteiger partial charge is 0.399 e. The third-order valence-corrected chi connectivity index (χ3v) is 5.40. The molecule has 0 spiro atoms. The molecule has 0 bridgehead atoms. The maximum absolute atomic E-state index is 12.8. The van der Waals surface area contributed by atoms with Gasteiger partial charge in [-0.15, -0.1) is 23.1 Å². The van der Waals surface area contributed by atoms with Crippen molar-refractivity contribution in [3.63, 3.8) is 0 Å². The summed E-state index contributed by atoms with van der Waals surface area (Å²) in [6.45, 7) is 2.82. The fourth-order valence-electron chi connectivity index (χ4n) is 2.37. The molecule has 2 aromatic rings. The summed E-state index contributed by atoms with van der Waals surface area (Å²) in [6, 6.07) is 7.84. The summed E-state index contributed by atoms with van der Waals surface area (Å²) in [5.74, 6) is 1.03. The highest BCUT2D eigenvalue weighted by Gasteiger charge is 2.26. The Hall–Kier alpha value is -1.46. The van der Waals surface area contributed by atoms with E-state index in [1.807, 2.05) is 34.5 Å². The Kier molecular flexibility index (Phi) is 3.72. The molecule has 3 rings (SSSR count). The summed E-state index contributed by atoms with van der Waals surface area (Å²) in [6.07, 6.45) is 0.886. The molecule has 5 heteroatoms. The second kappa shape index (κ2) is 5.50. The van der Waals surface area contributed by atoms with E-state index < -0.39 is 0 Å². The van der Waals surface area contributed by atoms with Gasteiger partial charge in [-0.2, -0.15) is 0 Å². The van der Waals surface area contributed by atoms with Crippen molar-refractivity contribution in [3.05, 3.63) is 40.1 Å². The first-order valence-corrected chi connectivity index (χ1v) is 8.47. The highest BCUT2D eigenvalue weighted by molar-refractivity contribution is 7.99. The zero-order valence-corrected chi connectivity index (χ0v) is 12.9. The lowest BCUT2D eigenvalue weighted by Crippen LogP contribution is -2.35. The molecule has 0 atom stereocenters. The number of carbonyl (C=O) groups is 1. The van der Waals surface area contributed by atoms with Gasteiger partial charge in [0.2, 0.25) is 0 Å². The smallest absolute Gasteiger partial charge is 0.268 e. The lowest BCUT2D eigenvalue weighted by Gasteiger charge is -2.29. The summed E-state index contributed by atoms with van der Waals surface area (Å²) in [5, 5.41) is 1.99. The molecule has 0 aliphatic carbocycles. The van der Waals surface area contributed by atoms with Crippen molar-refractivity contribution in [3.8, 4) is 0 Å². The molecule has 1 aliphatic rings. The highest BCUT2D eigenvalue weighted by Crippen LogP contribution is 2.37. The van der Waals surface area contributed by atoms with Gasteiger partial charge >= 0.3 is 0 Å². The maximum Gasteiger partial charge on any atom is 0.268 e. The number of aryl methyl sites for hydroxylation is 1. The second-order valence-corrected chi connectivity index (χ2v) is 6.71. The zero-order chi connectivity index (χ0) is 14.1. The summed E-state index contributed by atoms with van der Waals surface area (Å²) >= 11 is 3.31. The standard InChI is InChI=1S/C15H16N2OS2/c1-2-10-5-7-20-14(10)15(18)17-6-8-19-13-4-3-11(16)9-12(13)17/h3-5,7,9H,2,6,8,16H2,1H3. The Morgan fingerprint density at radius 2 is 2.25 bits per heavy atom. The fourth-order valence-corrected chi connectivity index (χ4v) is 4.29. The number of amides is 1. The number of hydrogen-bond acceptors (Lipinski definition) is 4. The van der Waals surface area contributed by atoms with Crippen molar-refractivity contribution in [1.82, 2.24) is 0 Å². The van der Waals surface area contributed by atoms with Crippen LogP contribution in [-0.2, 0) is 6.42 Å². The van der Waals surface area contributed by atoms with E-state index in [1.165, 1.54) is 11.3 Å². The van der Waals surface area contributed by atoms with E-state index in [-0.39, 0.29) is 5.91 Å². The number of rotatable bonds is 2. The minimum Gasteiger partial charge on any atom is -0.399 e. The average molecular weight is 304 g/mol. The van der Waals surface area contributed by atoms with Crippen LogP contribution in [0.5, 0.6) is 0 Å². The lowest BCUT2D eigenvalue weighted by molar-refractivity contribution is 0.0991. The van der Waals surface area contributed by atoms with Gasteiger partial charge < -0.3 is 10.6 Å². The van der Waals surface area contributed by atoms with E-state index in [4.69, 9.17) is 5.73 Å². The van der Waals surface area contributed by atoms with E-state index in [2.05, 4.69) is 6.92 Å². The van der Waals surface area contributed by atoms with Crippen LogP contribution in [0.1, 0.15) is 22.2 Å². The number of hydrogen-bond donors (Lipinski definition) is 1. The summed E-state index contributed by atoms with van der Waals surface area (Å²) in [4.78, 5) is 16.7. The van der Waals surface area contributed by atoms with Crippen molar-refractivity contribution in [2.75, 3.05) is 22.9 Å². The van der Waals surface area contributed by atoms with Gasteiger partial charge in [0.1, 0.15) is 0 Å². The van der Waals surface area contributed by atoms with Crippen LogP contribution in [0.4, 0.5) is 11.4 Å². The molecule has 1 amide bonds. The number of anilines is 2. The number of fused-ring (bicyclic) bond motifs is 1.